The largest absolute Gasteiger partial charge is 0.475 e. The Morgan fingerprint density at radius 1 is 1.13 bits per heavy atom. The zero-order chi connectivity index (χ0) is 17.0. The first kappa shape index (κ1) is 16.7. The maximum atomic E-state index is 11.8. The average Bonchev–Trinajstić information content (AvgIpc) is 2.96. The van der Waals surface area contributed by atoms with Gasteiger partial charge in [0.1, 0.15) is 5.69 Å². The molecule has 1 heterocycles. The van der Waals surface area contributed by atoms with Gasteiger partial charge in [0.15, 0.2) is 11.6 Å². The van der Waals surface area contributed by atoms with Gasteiger partial charge in [-0.05, 0) is 12.5 Å². The number of carbonyl (C=O) groups excluding carboxylic acids is 3. The van der Waals surface area contributed by atoms with Crippen LogP contribution in [0.15, 0.2) is 29.6 Å². The fourth-order valence-corrected chi connectivity index (χ4v) is 2.70. The lowest BCUT2D eigenvalue weighted by molar-refractivity contribution is -0.148. The molecule has 2 aromatic rings. The van der Waals surface area contributed by atoms with Crippen molar-refractivity contribution < 1.29 is 24.3 Å². The molecule has 0 atom stereocenters. The van der Waals surface area contributed by atoms with E-state index in [4.69, 9.17) is 5.11 Å². The van der Waals surface area contributed by atoms with Gasteiger partial charge in [0.05, 0.1) is 11.4 Å². The summed E-state index contributed by atoms with van der Waals surface area (Å²) in [4.78, 5) is 48.6. The van der Waals surface area contributed by atoms with Crippen LogP contribution in [0, 0.1) is 0 Å². The number of thiazole rings is 1. The van der Waals surface area contributed by atoms with Crippen molar-refractivity contribution in [3.63, 3.8) is 0 Å². The molecule has 1 aromatic heterocycles. The molecule has 0 amide bonds. The van der Waals surface area contributed by atoms with Crippen molar-refractivity contribution in [2.24, 2.45) is 0 Å². The number of carboxylic acid groups (broad SMARTS) is 1. The second-order valence-corrected chi connectivity index (χ2v) is 5.83. The van der Waals surface area contributed by atoms with Crippen molar-refractivity contribution in [3.05, 3.63) is 51.5 Å². The second kappa shape index (κ2) is 7.06. The van der Waals surface area contributed by atoms with Gasteiger partial charge >= 0.3 is 5.97 Å². The van der Waals surface area contributed by atoms with Crippen molar-refractivity contribution in [2.45, 2.75) is 19.8 Å². The molecule has 1 aromatic carbocycles. The summed E-state index contributed by atoms with van der Waals surface area (Å²) in [6, 6.07) is 7.08. The van der Waals surface area contributed by atoms with Crippen LogP contribution in [-0.2, 0) is 16.0 Å². The lowest BCUT2D eigenvalue weighted by atomic mass is 10.1. The molecule has 0 aliphatic rings. The minimum Gasteiger partial charge on any atom is -0.475 e. The first-order valence-corrected chi connectivity index (χ1v) is 7.58. The van der Waals surface area contributed by atoms with E-state index in [2.05, 4.69) is 4.98 Å². The molecule has 0 radical (unpaired) electrons. The van der Waals surface area contributed by atoms with Gasteiger partial charge in [-0.25, -0.2) is 9.78 Å². The zero-order valence-corrected chi connectivity index (χ0v) is 13.1. The van der Waals surface area contributed by atoms with Crippen LogP contribution in [0.2, 0.25) is 0 Å². The molecule has 118 valence electrons. The number of Topliss-reactive ketones (excluding diaryl/α,β-unsaturated/α-hetero) is 3. The Balaban J connectivity index is 2.04. The fraction of sp³-hybridized carbons (Fsp3) is 0.188. The maximum absolute atomic E-state index is 11.8. The van der Waals surface area contributed by atoms with E-state index >= 15 is 0 Å². The van der Waals surface area contributed by atoms with Gasteiger partial charge in [-0.1, -0.05) is 24.3 Å². The fourth-order valence-electron chi connectivity index (χ4n) is 1.86. The predicted molar refractivity (Wildman–Crippen MR) is 83.0 cm³/mol. The van der Waals surface area contributed by atoms with E-state index in [0.29, 0.717) is 17.0 Å². The van der Waals surface area contributed by atoms with Crippen molar-refractivity contribution in [1.82, 2.24) is 4.98 Å². The molecule has 7 heteroatoms. The summed E-state index contributed by atoms with van der Waals surface area (Å²) in [7, 11) is 0. The third-order valence-corrected chi connectivity index (χ3v) is 3.96. The van der Waals surface area contributed by atoms with Crippen LogP contribution in [-0.4, -0.2) is 33.4 Å². The van der Waals surface area contributed by atoms with E-state index < -0.39 is 24.0 Å². The highest BCUT2D eigenvalue weighted by Crippen LogP contribution is 2.17. The van der Waals surface area contributed by atoms with Crippen LogP contribution in [0.1, 0.15) is 44.8 Å². The third kappa shape index (κ3) is 4.40. The molecule has 0 bridgehead atoms. The first-order chi connectivity index (χ1) is 10.9. The lowest BCUT2D eigenvalue weighted by Gasteiger charge is -2.00. The number of hydrogen-bond acceptors (Lipinski definition) is 6. The number of rotatable bonds is 7. The molecule has 0 unspecified atom stereocenters. The maximum Gasteiger partial charge on any atom is 0.372 e. The van der Waals surface area contributed by atoms with Crippen molar-refractivity contribution in [1.29, 1.82) is 0 Å². The number of carbonyl (C=O) groups is 4. The molecule has 0 spiro atoms. The van der Waals surface area contributed by atoms with Gasteiger partial charge in [-0.15, -0.1) is 11.3 Å². The highest BCUT2D eigenvalue weighted by molar-refractivity contribution is 7.09. The molecular formula is C16H13NO5S. The molecule has 2 rings (SSSR count). The van der Waals surface area contributed by atoms with E-state index in [1.807, 2.05) is 12.1 Å². The van der Waals surface area contributed by atoms with Gasteiger partial charge in [-0.3, -0.25) is 14.4 Å². The highest BCUT2D eigenvalue weighted by atomic mass is 32.1. The number of benzene rings is 1. The molecule has 0 saturated heterocycles. The molecule has 1 N–H and O–H groups in total. The number of ketones is 3. The summed E-state index contributed by atoms with van der Waals surface area (Å²) < 4.78 is 0. The Labute approximate surface area is 135 Å². The molecule has 0 aliphatic carbocycles. The topological polar surface area (TPSA) is 101 Å². The number of aromatic nitrogens is 1. The van der Waals surface area contributed by atoms with Gasteiger partial charge in [-0.2, -0.15) is 0 Å². The van der Waals surface area contributed by atoms with Crippen molar-refractivity contribution >= 4 is 34.7 Å². The van der Waals surface area contributed by atoms with Crippen LogP contribution in [0.25, 0.3) is 0 Å². The van der Waals surface area contributed by atoms with Gasteiger partial charge in [0.25, 0.3) is 0 Å². The normalized spacial score (nSPS) is 10.3. The SMILES string of the molecule is CC(=O)c1ccc(Cc2nc(C(=O)CC(=O)C(=O)O)cs2)cc1. The highest BCUT2D eigenvalue weighted by Gasteiger charge is 2.19. The van der Waals surface area contributed by atoms with Crippen LogP contribution < -0.4 is 0 Å². The summed E-state index contributed by atoms with van der Waals surface area (Å²) in [6.07, 6.45) is -0.200. The average molecular weight is 331 g/mol. The summed E-state index contributed by atoms with van der Waals surface area (Å²) in [5.41, 5.74) is 1.65. The summed E-state index contributed by atoms with van der Waals surface area (Å²) in [6.45, 7) is 1.49. The summed E-state index contributed by atoms with van der Waals surface area (Å²) in [5, 5.41) is 10.7. The molecule has 0 aliphatic heterocycles. The summed E-state index contributed by atoms with van der Waals surface area (Å²) >= 11 is 1.26. The monoisotopic (exact) mass is 331 g/mol. The smallest absolute Gasteiger partial charge is 0.372 e. The van der Waals surface area contributed by atoms with Crippen molar-refractivity contribution in [3.8, 4) is 0 Å². The molecular weight excluding hydrogens is 318 g/mol. The van der Waals surface area contributed by atoms with E-state index in [1.165, 1.54) is 23.6 Å². The van der Waals surface area contributed by atoms with Crippen LogP contribution in [0.5, 0.6) is 0 Å². The van der Waals surface area contributed by atoms with Crippen LogP contribution >= 0.6 is 11.3 Å². The van der Waals surface area contributed by atoms with Gasteiger partial charge in [0.2, 0.25) is 5.78 Å². The Morgan fingerprint density at radius 3 is 2.35 bits per heavy atom. The van der Waals surface area contributed by atoms with Crippen LogP contribution in [0.3, 0.4) is 0 Å². The number of carboxylic acids is 1. The Bertz CT molecular complexity index is 776. The van der Waals surface area contributed by atoms with E-state index in [0.717, 1.165) is 5.56 Å². The van der Waals surface area contributed by atoms with E-state index in [1.54, 1.807) is 12.1 Å². The Morgan fingerprint density at radius 2 is 1.78 bits per heavy atom. The van der Waals surface area contributed by atoms with Crippen molar-refractivity contribution in [2.75, 3.05) is 0 Å². The zero-order valence-electron chi connectivity index (χ0n) is 12.2. The predicted octanol–water partition coefficient (Wildman–Crippen LogP) is 2.16. The lowest BCUT2D eigenvalue weighted by Crippen LogP contribution is -2.17. The van der Waals surface area contributed by atoms with Gasteiger partial charge < -0.3 is 5.11 Å². The molecule has 6 nitrogen and oxygen atoms in total. The number of nitrogens with zero attached hydrogens (tertiary/aromatic N) is 1. The first-order valence-electron chi connectivity index (χ1n) is 6.70. The third-order valence-electron chi connectivity index (χ3n) is 3.11. The number of aliphatic carboxylic acids is 1. The number of hydrogen-bond donors (Lipinski definition) is 1. The molecule has 0 saturated carbocycles. The summed E-state index contributed by atoms with van der Waals surface area (Å²) in [5.74, 6) is -3.39. The van der Waals surface area contributed by atoms with Gasteiger partial charge in [0, 0.05) is 17.4 Å². The minimum absolute atomic E-state index is 0.0122. The molecule has 0 fully saturated rings. The minimum atomic E-state index is -1.63. The Hall–Kier alpha value is -2.67. The van der Waals surface area contributed by atoms with Crippen LogP contribution in [0.4, 0.5) is 0 Å². The molecule has 23 heavy (non-hydrogen) atoms. The second-order valence-electron chi connectivity index (χ2n) is 4.88. The quantitative estimate of drug-likeness (QED) is 0.474. The van der Waals surface area contributed by atoms with E-state index in [9.17, 15) is 19.2 Å². The van der Waals surface area contributed by atoms with E-state index in [-0.39, 0.29) is 11.5 Å². The Kier molecular flexibility index (Phi) is 5.13. The standard InChI is InChI=1S/C16H13NO5S/c1-9(18)11-4-2-10(3-5-11)6-15-17-12(8-23-15)13(19)7-14(20)16(21)22/h2-5,8H,6-7H2,1H3,(H,21,22).